The Labute approximate surface area is 156 Å². The van der Waals surface area contributed by atoms with Crippen molar-refractivity contribution in [3.8, 4) is 0 Å². The van der Waals surface area contributed by atoms with Gasteiger partial charge in [0.15, 0.2) is 0 Å². The number of hydrogen-bond donors (Lipinski definition) is 2. The summed E-state index contributed by atoms with van der Waals surface area (Å²) in [5.74, 6) is 0. The minimum absolute atomic E-state index is 0.157. The zero-order chi connectivity index (χ0) is 19.4. The quantitative estimate of drug-likeness (QED) is 0.658. The van der Waals surface area contributed by atoms with Gasteiger partial charge >= 0.3 is 6.18 Å². The molecule has 27 heavy (non-hydrogen) atoms. The standard InChI is InChI=1S/C20H21F3N4/c1-27(2)13-14-6-5-7-16(10-14)26-19(15-11-24-25-12-15)17-8-3-4-9-18(17)20(21,22)23/h3-12,19,26H,13H2,1-2H3,(H,24,25). The van der Waals surface area contributed by atoms with Gasteiger partial charge in [0, 0.05) is 24.0 Å². The van der Waals surface area contributed by atoms with E-state index in [9.17, 15) is 13.2 Å². The van der Waals surface area contributed by atoms with Crippen LogP contribution < -0.4 is 5.32 Å². The number of alkyl halides is 3. The lowest BCUT2D eigenvalue weighted by Gasteiger charge is -2.23. The lowest BCUT2D eigenvalue weighted by atomic mass is 9.95. The van der Waals surface area contributed by atoms with Gasteiger partial charge in [0.2, 0.25) is 0 Å². The maximum atomic E-state index is 13.5. The summed E-state index contributed by atoms with van der Waals surface area (Å²) in [4.78, 5) is 2.03. The summed E-state index contributed by atoms with van der Waals surface area (Å²) in [6.45, 7) is 0.741. The second-order valence-corrected chi connectivity index (χ2v) is 6.63. The van der Waals surface area contributed by atoms with E-state index in [0.29, 0.717) is 5.56 Å². The molecule has 0 spiro atoms. The molecule has 1 heterocycles. The molecule has 2 N–H and O–H groups in total. The molecule has 1 atom stereocenters. The Balaban J connectivity index is 2.00. The summed E-state index contributed by atoms with van der Waals surface area (Å²) in [7, 11) is 3.93. The van der Waals surface area contributed by atoms with Gasteiger partial charge in [-0.05, 0) is 43.4 Å². The Hall–Kier alpha value is -2.80. The van der Waals surface area contributed by atoms with E-state index in [1.54, 1.807) is 12.3 Å². The number of aromatic amines is 1. The van der Waals surface area contributed by atoms with E-state index in [1.165, 1.54) is 18.3 Å². The van der Waals surface area contributed by atoms with Crippen molar-refractivity contribution in [2.75, 3.05) is 19.4 Å². The van der Waals surface area contributed by atoms with Crippen LogP contribution in [0, 0.1) is 0 Å². The molecule has 0 bridgehead atoms. The summed E-state index contributed by atoms with van der Waals surface area (Å²) in [5, 5.41) is 9.83. The third kappa shape index (κ3) is 4.68. The molecule has 4 nitrogen and oxygen atoms in total. The normalized spacial score (nSPS) is 13.0. The maximum absolute atomic E-state index is 13.5. The number of nitrogens with zero attached hydrogens (tertiary/aromatic N) is 2. The van der Waals surface area contributed by atoms with Gasteiger partial charge in [0.25, 0.3) is 0 Å². The maximum Gasteiger partial charge on any atom is 0.416 e. The molecule has 0 saturated heterocycles. The summed E-state index contributed by atoms with van der Waals surface area (Å²) < 4.78 is 40.6. The van der Waals surface area contributed by atoms with Gasteiger partial charge in [-0.3, -0.25) is 5.10 Å². The number of H-pyrrole nitrogens is 1. The predicted molar refractivity (Wildman–Crippen MR) is 99.3 cm³/mol. The van der Waals surface area contributed by atoms with Crippen molar-refractivity contribution in [1.82, 2.24) is 15.1 Å². The summed E-state index contributed by atoms with van der Waals surface area (Å²) >= 11 is 0. The van der Waals surface area contributed by atoms with Crippen molar-refractivity contribution in [1.29, 1.82) is 0 Å². The highest BCUT2D eigenvalue weighted by Gasteiger charge is 2.35. The fourth-order valence-electron chi connectivity index (χ4n) is 3.06. The fourth-order valence-corrected chi connectivity index (χ4v) is 3.06. The summed E-state index contributed by atoms with van der Waals surface area (Å²) in [6, 6.07) is 12.6. The molecule has 1 unspecified atom stereocenters. The first kappa shape index (κ1) is 19.0. The third-order valence-electron chi connectivity index (χ3n) is 4.17. The molecule has 0 radical (unpaired) electrons. The Morgan fingerprint density at radius 3 is 2.56 bits per heavy atom. The zero-order valence-electron chi connectivity index (χ0n) is 15.1. The molecule has 0 aliphatic heterocycles. The Bertz CT molecular complexity index is 873. The Morgan fingerprint density at radius 1 is 1.11 bits per heavy atom. The number of hydrogen-bond acceptors (Lipinski definition) is 3. The molecule has 142 valence electrons. The molecule has 3 aromatic rings. The highest BCUT2D eigenvalue weighted by molar-refractivity contribution is 5.52. The van der Waals surface area contributed by atoms with Crippen molar-refractivity contribution in [2.45, 2.75) is 18.8 Å². The molecule has 1 aromatic heterocycles. The van der Waals surface area contributed by atoms with Crippen LogP contribution in [0.1, 0.15) is 28.3 Å². The van der Waals surface area contributed by atoms with Gasteiger partial charge in [-0.15, -0.1) is 0 Å². The molecule has 2 aromatic carbocycles. The van der Waals surface area contributed by atoms with Gasteiger partial charge in [-0.2, -0.15) is 18.3 Å². The van der Waals surface area contributed by atoms with E-state index in [2.05, 4.69) is 15.5 Å². The van der Waals surface area contributed by atoms with Gasteiger partial charge in [0.1, 0.15) is 0 Å². The lowest BCUT2D eigenvalue weighted by Crippen LogP contribution is -2.18. The average Bonchev–Trinajstić information content (AvgIpc) is 3.13. The highest BCUT2D eigenvalue weighted by Crippen LogP contribution is 2.37. The van der Waals surface area contributed by atoms with Crippen LogP contribution in [0.25, 0.3) is 0 Å². The Morgan fingerprint density at radius 2 is 1.89 bits per heavy atom. The SMILES string of the molecule is CN(C)Cc1cccc(NC(c2cn[nH]c2)c2ccccc2C(F)(F)F)c1. The molecular formula is C20H21F3N4. The van der Waals surface area contributed by atoms with Crippen LogP contribution in [-0.2, 0) is 12.7 Å². The van der Waals surface area contributed by atoms with Crippen LogP contribution in [0.2, 0.25) is 0 Å². The van der Waals surface area contributed by atoms with Gasteiger partial charge in [-0.25, -0.2) is 0 Å². The van der Waals surface area contributed by atoms with E-state index in [0.717, 1.165) is 23.9 Å². The van der Waals surface area contributed by atoms with E-state index in [-0.39, 0.29) is 5.56 Å². The molecule has 0 aliphatic rings. The molecule has 0 saturated carbocycles. The third-order valence-corrected chi connectivity index (χ3v) is 4.17. The lowest BCUT2D eigenvalue weighted by molar-refractivity contribution is -0.138. The number of aromatic nitrogens is 2. The Kier molecular flexibility index (Phi) is 5.51. The minimum atomic E-state index is -4.44. The molecular weight excluding hydrogens is 353 g/mol. The number of halogens is 3. The summed E-state index contributed by atoms with van der Waals surface area (Å²) in [6.07, 6.45) is -1.30. The van der Waals surface area contributed by atoms with Gasteiger partial charge in [-0.1, -0.05) is 30.3 Å². The predicted octanol–water partition coefficient (Wildman–Crippen LogP) is 4.69. The zero-order valence-corrected chi connectivity index (χ0v) is 15.1. The molecule has 0 fully saturated rings. The fraction of sp³-hybridized carbons (Fsp3) is 0.250. The van der Waals surface area contributed by atoms with Crippen LogP contribution in [0.15, 0.2) is 60.9 Å². The van der Waals surface area contributed by atoms with Gasteiger partial charge < -0.3 is 10.2 Å². The second kappa shape index (κ2) is 7.84. The van der Waals surface area contributed by atoms with Crippen molar-refractivity contribution in [3.05, 3.63) is 83.2 Å². The first-order valence-corrected chi connectivity index (χ1v) is 8.49. The molecule has 0 aliphatic carbocycles. The molecule has 3 rings (SSSR count). The monoisotopic (exact) mass is 374 g/mol. The second-order valence-electron chi connectivity index (χ2n) is 6.63. The largest absolute Gasteiger partial charge is 0.416 e. The van der Waals surface area contributed by atoms with E-state index in [1.807, 2.05) is 43.3 Å². The van der Waals surface area contributed by atoms with E-state index in [4.69, 9.17) is 0 Å². The average molecular weight is 374 g/mol. The number of rotatable bonds is 6. The number of anilines is 1. The van der Waals surface area contributed by atoms with Crippen LogP contribution >= 0.6 is 0 Å². The van der Waals surface area contributed by atoms with Crippen LogP contribution in [0.4, 0.5) is 18.9 Å². The highest BCUT2D eigenvalue weighted by atomic mass is 19.4. The smallest absolute Gasteiger partial charge is 0.374 e. The van der Waals surface area contributed by atoms with Crippen molar-refractivity contribution < 1.29 is 13.2 Å². The number of benzene rings is 2. The molecule has 7 heteroatoms. The van der Waals surface area contributed by atoms with Crippen molar-refractivity contribution >= 4 is 5.69 Å². The van der Waals surface area contributed by atoms with Crippen molar-refractivity contribution in [2.24, 2.45) is 0 Å². The van der Waals surface area contributed by atoms with Gasteiger partial charge in [0.05, 0.1) is 17.8 Å². The molecule has 0 amide bonds. The van der Waals surface area contributed by atoms with Crippen LogP contribution in [-0.4, -0.2) is 29.2 Å². The van der Waals surface area contributed by atoms with E-state index >= 15 is 0 Å². The van der Waals surface area contributed by atoms with E-state index < -0.39 is 17.8 Å². The van der Waals surface area contributed by atoms with Crippen LogP contribution in [0.5, 0.6) is 0 Å². The minimum Gasteiger partial charge on any atom is -0.374 e. The first-order chi connectivity index (χ1) is 12.8. The topological polar surface area (TPSA) is 44.0 Å². The number of nitrogens with one attached hydrogen (secondary N) is 2. The van der Waals surface area contributed by atoms with Crippen LogP contribution in [0.3, 0.4) is 0 Å². The first-order valence-electron chi connectivity index (χ1n) is 8.49. The van der Waals surface area contributed by atoms with Crippen molar-refractivity contribution in [3.63, 3.8) is 0 Å². The summed E-state index contributed by atoms with van der Waals surface area (Å²) in [5.41, 5.74) is 1.94.